The van der Waals surface area contributed by atoms with E-state index in [1.807, 2.05) is 0 Å². The van der Waals surface area contributed by atoms with Crippen LogP contribution in [0.15, 0.2) is 36.4 Å². The first-order valence-electron chi connectivity index (χ1n) is 7.22. The summed E-state index contributed by atoms with van der Waals surface area (Å²) < 4.78 is 21.8. The summed E-state index contributed by atoms with van der Waals surface area (Å²) >= 11 is 0. The molecule has 0 unspecified atom stereocenters. The largest absolute Gasteiger partial charge is 0.493 e. The number of para-hydroxylation sites is 2. The van der Waals surface area contributed by atoms with Gasteiger partial charge in [0, 0.05) is 6.92 Å². The molecule has 2 aromatic carbocycles. The highest BCUT2D eigenvalue weighted by Crippen LogP contribution is 2.34. The summed E-state index contributed by atoms with van der Waals surface area (Å²) in [6, 6.07) is 9.94. The van der Waals surface area contributed by atoms with Crippen LogP contribution in [-0.2, 0) is 0 Å². The molecule has 0 saturated heterocycles. The molecule has 6 heteroatoms. The van der Waals surface area contributed by atoms with Crippen LogP contribution in [0.1, 0.15) is 27.6 Å². The average molecular weight is 330 g/mol. The molecule has 126 valence electrons. The zero-order chi connectivity index (χ0) is 17.5. The number of carbonyl (C=O) groups is 2. The molecule has 0 atom stereocenters. The first-order chi connectivity index (χ1) is 11.6. The molecular formula is C18H18O6. The van der Waals surface area contributed by atoms with Crippen molar-refractivity contribution in [2.75, 3.05) is 14.2 Å². The van der Waals surface area contributed by atoms with Crippen LogP contribution >= 0.6 is 0 Å². The van der Waals surface area contributed by atoms with Crippen molar-refractivity contribution in [2.24, 2.45) is 0 Å². The first kappa shape index (κ1) is 17.3. The lowest BCUT2D eigenvalue weighted by Crippen LogP contribution is -2.21. The van der Waals surface area contributed by atoms with Crippen molar-refractivity contribution in [3.63, 3.8) is 0 Å². The third kappa shape index (κ3) is 3.65. The number of methoxy groups -OCH3 is 2. The molecule has 0 radical (unpaired) electrons. The Hall–Kier alpha value is -3.02. The monoisotopic (exact) mass is 330 g/mol. The Kier molecular flexibility index (Phi) is 5.78. The van der Waals surface area contributed by atoms with E-state index >= 15 is 0 Å². The van der Waals surface area contributed by atoms with Crippen molar-refractivity contribution in [3.8, 4) is 23.0 Å². The van der Waals surface area contributed by atoms with Gasteiger partial charge in [0.15, 0.2) is 35.6 Å². The summed E-state index contributed by atoms with van der Waals surface area (Å²) in [5, 5.41) is 0. The SMILES string of the molecule is COc1cccc(C=O)c1OC(C)Oc1c(C=O)cccc1OC. The maximum absolute atomic E-state index is 11.2. The van der Waals surface area contributed by atoms with E-state index in [1.165, 1.54) is 14.2 Å². The molecular weight excluding hydrogens is 312 g/mol. The number of aldehydes is 2. The maximum Gasteiger partial charge on any atom is 0.238 e. The fourth-order valence-corrected chi connectivity index (χ4v) is 2.18. The topological polar surface area (TPSA) is 71.1 Å². The van der Waals surface area contributed by atoms with Gasteiger partial charge in [-0.1, -0.05) is 12.1 Å². The number of carbonyl (C=O) groups excluding carboxylic acids is 2. The molecule has 2 rings (SSSR count). The molecule has 0 aromatic heterocycles. The van der Waals surface area contributed by atoms with Gasteiger partial charge in [-0.25, -0.2) is 0 Å². The van der Waals surface area contributed by atoms with E-state index in [-0.39, 0.29) is 11.5 Å². The number of hydrogen-bond acceptors (Lipinski definition) is 6. The van der Waals surface area contributed by atoms with E-state index in [0.717, 1.165) is 0 Å². The second kappa shape index (κ2) is 8.01. The van der Waals surface area contributed by atoms with Gasteiger partial charge in [0.1, 0.15) is 0 Å². The fraction of sp³-hybridized carbons (Fsp3) is 0.222. The second-order valence-electron chi connectivity index (χ2n) is 4.80. The van der Waals surface area contributed by atoms with Crippen LogP contribution in [0, 0.1) is 0 Å². The van der Waals surface area contributed by atoms with Gasteiger partial charge < -0.3 is 18.9 Å². The predicted molar refractivity (Wildman–Crippen MR) is 87.5 cm³/mol. The van der Waals surface area contributed by atoms with Crippen LogP contribution < -0.4 is 18.9 Å². The number of rotatable bonds is 8. The van der Waals surface area contributed by atoms with Crippen LogP contribution in [0.4, 0.5) is 0 Å². The van der Waals surface area contributed by atoms with E-state index in [1.54, 1.807) is 43.3 Å². The molecule has 0 saturated carbocycles. The van der Waals surface area contributed by atoms with Crippen molar-refractivity contribution in [3.05, 3.63) is 47.5 Å². The maximum atomic E-state index is 11.2. The second-order valence-corrected chi connectivity index (χ2v) is 4.80. The zero-order valence-corrected chi connectivity index (χ0v) is 13.6. The molecule has 24 heavy (non-hydrogen) atoms. The van der Waals surface area contributed by atoms with E-state index < -0.39 is 6.29 Å². The van der Waals surface area contributed by atoms with Crippen molar-refractivity contribution >= 4 is 12.6 Å². The Morgan fingerprint density at radius 1 is 0.792 bits per heavy atom. The van der Waals surface area contributed by atoms with Crippen molar-refractivity contribution < 1.29 is 28.5 Å². The smallest absolute Gasteiger partial charge is 0.238 e. The van der Waals surface area contributed by atoms with Gasteiger partial charge in [0.25, 0.3) is 0 Å². The number of ether oxygens (including phenoxy) is 4. The fourth-order valence-electron chi connectivity index (χ4n) is 2.18. The highest BCUT2D eigenvalue weighted by molar-refractivity contribution is 5.82. The minimum absolute atomic E-state index is 0.269. The van der Waals surface area contributed by atoms with Gasteiger partial charge >= 0.3 is 0 Å². The zero-order valence-electron chi connectivity index (χ0n) is 13.6. The van der Waals surface area contributed by atoms with Crippen LogP contribution in [0.2, 0.25) is 0 Å². The molecule has 0 N–H and O–H groups in total. The Bertz CT molecular complexity index is 664. The molecule has 0 aliphatic rings. The van der Waals surface area contributed by atoms with Crippen molar-refractivity contribution in [1.29, 1.82) is 0 Å². The van der Waals surface area contributed by atoms with Gasteiger partial charge in [0.2, 0.25) is 6.29 Å². The van der Waals surface area contributed by atoms with Crippen LogP contribution in [0.3, 0.4) is 0 Å². The lowest BCUT2D eigenvalue weighted by molar-refractivity contribution is 0.0174. The van der Waals surface area contributed by atoms with Crippen molar-refractivity contribution in [1.82, 2.24) is 0 Å². The lowest BCUT2D eigenvalue weighted by atomic mass is 10.2. The van der Waals surface area contributed by atoms with E-state index in [4.69, 9.17) is 18.9 Å². The van der Waals surface area contributed by atoms with E-state index in [9.17, 15) is 9.59 Å². The Balaban J connectivity index is 2.28. The third-order valence-electron chi connectivity index (χ3n) is 3.28. The van der Waals surface area contributed by atoms with E-state index in [2.05, 4.69) is 0 Å². The lowest BCUT2D eigenvalue weighted by Gasteiger charge is -2.21. The number of benzene rings is 2. The molecule has 0 fully saturated rings. The van der Waals surface area contributed by atoms with Crippen LogP contribution in [0.5, 0.6) is 23.0 Å². The molecule has 2 aromatic rings. The minimum atomic E-state index is -0.796. The van der Waals surface area contributed by atoms with Crippen LogP contribution in [0.25, 0.3) is 0 Å². The normalized spacial score (nSPS) is 10.2. The Labute approximate surface area is 139 Å². The predicted octanol–water partition coefficient (Wildman–Crippen LogP) is 3.13. The third-order valence-corrected chi connectivity index (χ3v) is 3.28. The van der Waals surface area contributed by atoms with Gasteiger partial charge in [-0.3, -0.25) is 9.59 Å². The average Bonchev–Trinajstić information content (AvgIpc) is 2.61. The molecule has 0 bridgehead atoms. The highest BCUT2D eigenvalue weighted by atomic mass is 16.7. The Morgan fingerprint density at radius 2 is 1.21 bits per heavy atom. The number of hydrogen-bond donors (Lipinski definition) is 0. The summed E-state index contributed by atoms with van der Waals surface area (Å²) in [6.07, 6.45) is 0.546. The van der Waals surface area contributed by atoms with Gasteiger partial charge in [-0.15, -0.1) is 0 Å². The molecule has 6 nitrogen and oxygen atoms in total. The highest BCUT2D eigenvalue weighted by Gasteiger charge is 2.18. The van der Waals surface area contributed by atoms with E-state index in [0.29, 0.717) is 35.2 Å². The first-order valence-corrected chi connectivity index (χ1v) is 7.22. The van der Waals surface area contributed by atoms with Gasteiger partial charge in [-0.2, -0.15) is 0 Å². The summed E-state index contributed by atoms with van der Waals surface area (Å²) in [4.78, 5) is 22.4. The van der Waals surface area contributed by atoms with Crippen molar-refractivity contribution in [2.45, 2.75) is 13.2 Å². The molecule has 0 aliphatic heterocycles. The van der Waals surface area contributed by atoms with Crippen LogP contribution in [-0.4, -0.2) is 33.1 Å². The summed E-state index contributed by atoms with van der Waals surface area (Å²) in [5.41, 5.74) is 0.667. The standard InChI is InChI=1S/C18H18O6/c1-12(23-17-13(10-19)6-4-8-15(17)21-2)24-18-14(11-20)7-5-9-16(18)22-3/h4-12H,1-3H3. The summed E-state index contributed by atoms with van der Waals surface area (Å²) in [5.74, 6) is 1.35. The van der Waals surface area contributed by atoms with Gasteiger partial charge in [0.05, 0.1) is 25.3 Å². The molecule has 0 heterocycles. The molecule has 0 amide bonds. The quantitative estimate of drug-likeness (QED) is 0.547. The minimum Gasteiger partial charge on any atom is -0.493 e. The molecule has 0 aliphatic carbocycles. The van der Waals surface area contributed by atoms with Gasteiger partial charge in [-0.05, 0) is 24.3 Å². The Morgan fingerprint density at radius 3 is 1.54 bits per heavy atom. The summed E-state index contributed by atoms with van der Waals surface area (Å²) in [6.45, 7) is 1.64. The molecule has 0 spiro atoms. The summed E-state index contributed by atoms with van der Waals surface area (Å²) in [7, 11) is 2.96.